The molecule has 0 saturated carbocycles. The van der Waals surface area contributed by atoms with Crippen molar-refractivity contribution in [3.63, 3.8) is 0 Å². The van der Waals surface area contributed by atoms with Gasteiger partial charge in [-0.15, -0.1) is 0 Å². The molecule has 0 unspecified atom stereocenters. The Morgan fingerprint density at radius 2 is 1.85 bits per heavy atom. The van der Waals surface area contributed by atoms with Gasteiger partial charge in [0.1, 0.15) is 0 Å². The normalized spacial score (nSPS) is 14.6. The summed E-state index contributed by atoms with van der Waals surface area (Å²) < 4.78 is 0. The quantitative estimate of drug-likeness (QED) is 0.848. The zero-order valence-corrected chi connectivity index (χ0v) is 11.6. The Morgan fingerprint density at radius 3 is 2.60 bits per heavy atom. The fraction of sp³-hybridized carbons (Fsp3) is 0.235. The number of anilines is 2. The molecule has 1 heterocycles. The molecule has 3 nitrogen and oxygen atoms in total. The lowest BCUT2D eigenvalue weighted by Crippen LogP contribution is -2.24. The zero-order chi connectivity index (χ0) is 13.9. The molecule has 2 aromatic carbocycles. The molecule has 0 aliphatic carbocycles. The number of Topliss-reactive ketones (excluding diaryl/α,β-unsaturated/α-hetero) is 1. The highest BCUT2D eigenvalue weighted by Crippen LogP contribution is 2.29. The number of nitrogens with zero attached hydrogens (tertiary/aromatic N) is 1. The van der Waals surface area contributed by atoms with Gasteiger partial charge < -0.3 is 10.2 Å². The Labute approximate surface area is 119 Å². The van der Waals surface area contributed by atoms with Crippen LogP contribution in [-0.4, -0.2) is 18.9 Å². The summed E-state index contributed by atoms with van der Waals surface area (Å²) in [5.74, 6) is 0.106. The number of hydrogen-bond acceptors (Lipinski definition) is 3. The summed E-state index contributed by atoms with van der Waals surface area (Å²) >= 11 is 0. The summed E-state index contributed by atoms with van der Waals surface area (Å²) in [6.07, 6.45) is 0. The first kappa shape index (κ1) is 12.9. The molecule has 102 valence electrons. The molecule has 0 atom stereocenters. The van der Waals surface area contributed by atoms with Crippen LogP contribution in [0.15, 0.2) is 48.5 Å². The molecule has 0 saturated heterocycles. The molecule has 0 radical (unpaired) electrons. The van der Waals surface area contributed by atoms with Crippen molar-refractivity contribution in [3.05, 3.63) is 59.7 Å². The van der Waals surface area contributed by atoms with Crippen LogP contribution >= 0.6 is 0 Å². The fourth-order valence-electron chi connectivity index (χ4n) is 2.60. The average molecular weight is 266 g/mol. The second kappa shape index (κ2) is 5.47. The van der Waals surface area contributed by atoms with Crippen molar-refractivity contribution in [2.24, 2.45) is 0 Å². The van der Waals surface area contributed by atoms with Crippen molar-refractivity contribution in [1.29, 1.82) is 0 Å². The Kier molecular flexibility index (Phi) is 3.52. The summed E-state index contributed by atoms with van der Waals surface area (Å²) in [5.41, 5.74) is 4.44. The summed E-state index contributed by atoms with van der Waals surface area (Å²) in [6, 6.07) is 16.3. The van der Waals surface area contributed by atoms with Crippen molar-refractivity contribution in [2.45, 2.75) is 13.5 Å². The molecular formula is C17H18N2O. The van der Waals surface area contributed by atoms with Crippen molar-refractivity contribution >= 4 is 17.2 Å². The predicted molar refractivity (Wildman–Crippen MR) is 81.6 cm³/mol. The maximum atomic E-state index is 11.4. The highest BCUT2D eigenvalue weighted by Gasteiger charge is 2.15. The number of carbonyl (C=O) groups is 1. The Hall–Kier alpha value is -2.13. The van der Waals surface area contributed by atoms with E-state index in [1.807, 2.05) is 24.3 Å². The third kappa shape index (κ3) is 2.45. The maximum Gasteiger partial charge on any atom is 0.159 e. The molecule has 0 aromatic heterocycles. The lowest BCUT2D eigenvalue weighted by molar-refractivity contribution is 0.101. The molecule has 0 amide bonds. The SMILES string of the molecule is CC(=O)c1ccc(N2CCNCc3ccccc32)cc1. The number of rotatable bonds is 2. The minimum absolute atomic E-state index is 0.106. The van der Waals surface area contributed by atoms with Crippen LogP contribution in [0.3, 0.4) is 0 Å². The lowest BCUT2D eigenvalue weighted by atomic mass is 10.1. The largest absolute Gasteiger partial charge is 0.340 e. The van der Waals surface area contributed by atoms with Crippen LogP contribution in [0.4, 0.5) is 11.4 Å². The van der Waals surface area contributed by atoms with Crippen LogP contribution in [-0.2, 0) is 6.54 Å². The van der Waals surface area contributed by atoms with Gasteiger partial charge in [0.05, 0.1) is 0 Å². The lowest BCUT2D eigenvalue weighted by Gasteiger charge is -2.24. The standard InChI is InChI=1S/C17H18N2O/c1-13(20)14-6-8-16(9-7-14)19-11-10-18-12-15-4-2-3-5-17(15)19/h2-9,18H,10-12H2,1H3. The van der Waals surface area contributed by atoms with Gasteiger partial charge in [-0.25, -0.2) is 0 Å². The van der Waals surface area contributed by atoms with Gasteiger partial charge in [-0.3, -0.25) is 4.79 Å². The van der Waals surface area contributed by atoms with Crippen molar-refractivity contribution < 1.29 is 4.79 Å². The highest BCUT2D eigenvalue weighted by molar-refractivity contribution is 5.94. The Morgan fingerprint density at radius 1 is 1.10 bits per heavy atom. The molecule has 0 bridgehead atoms. The van der Waals surface area contributed by atoms with Crippen LogP contribution in [0.2, 0.25) is 0 Å². The van der Waals surface area contributed by atoms with Crippen LogP contribution in [0.1, 0.15) is 22.8 Å². The predicted octanol–water partition coefficient (Wildman–Crippen LogP) is 3.13. The van der Waals surface area contributed by atoms with Gasteiger partial charge in [0.2, 0.25) is 0 Å². The number of benzene rings is 2. The number of nitrogens with one attached hydrogen (secondary N) is 1. The van der Waals surface area contributed by atoms with E-state index in [9.17, 15) is 4.79 Å². The molecule has 2 aromatic rings. The smallest absolute Gasteiger partial charge is 0.159 e. The van der Waals surface area contributed by atoms with Gasteiger partial charge in [0.25, 0.3) is 0 Å². The van der Waals surface area contributed by atoms with Gasteiger partial charge in [-0.05, 0) is 42.8 Å². The molecule has 1 aliphatic heterocycles. The maximum absolute atomic E-state index is 11.4. The van der Waals surface area contributed by atoms with Gasteiger partial charge in [-0.2, -0.15) is 0 Å². The van der Waals surface area contributed by atoms with Gasteiger partial charge >= 0.3 is 0 Å². The molecular weight excluding hydrogens is 248 g/mol. The number of ketones is 1. The van der Waals surface area contributed by atoms with Crippen molar-refractivity contribution in [3.8, 4) is 0 Å². The van der Waals surface area contributed by atoms with E-state index in [4.69, 9.17) is 0 Å². The number of hydrogen-bond donors (Lipinski definition) is 1. The second-order valence-electron chi connectivity index (χ2n) is 5.06. The third-order valence-electron chi connectivity index (χ3n) is 3.70. The van der Waals surface area contributed by atoms with Crippen molar-refractivity contribution in [1.82, 2.24) is 5.32 Å². The molecule has 0 fully saturated rings. The van der Waals surface area contributed by atoms with E-state index < -0.39 is 0 Å². The minimum atomic E-state index is 0.106. The topological polar surface area (TPSA) is 32.3 Å². The number of para-hydroxylation sites is 1. The van der Waals surface area contributed by atoms with E-state index in [0.29, 0.717) is 0 Å². The number of fused-ring (bicyclic) bond motifs is 1. The molecule has 1 N–H and O–H groups in total. The fourth-order valence-corrected chi connectivity index (χ4v) is 2.60. The average Bonchev–Trinajstić information content (AvgIpc) is 2.69. The van der Waals surface area contributed by atoms with Crippen molar-refractivity contribution in [2.75, 3.05) is 18.0 Å². The van der Waals surface area contributed by atoms with Crippen LogP contribution < -0.4 is 10.2 Å². The monoisotopic (exact) mass is 266 g/mol. The molecule has 1 aliphatic rings. The first-order chi connectivity index (χ1) is 9.75. The van der Waals surface area contributed by atoms with E-state index in [1.165, 1.54) is 11.3 Å². The summed E-state index contributed by atoms with van der Waals surface area (Å²) in [5, 5.41) is 3.44. The first-order valence-electron chi connectivity index (χ1n) is 6.93. The van der Waals surface area contributed by atoms with Crippen LogP contribution in [0.5, 0.6) is 0 Å². The zero-order valence-electron chi connectivity index (χ0n) is 11.6. The van der Waals surface area contributed by atoms with E-state index in [-0.39, 0.29) is 5.78 Å². The van der Waals surface area contributed by atoms with E-state index in [0.717, 1.165) is 30.9 Å². The minimum Gasteiger partial charge on any atom is -0.340 e. The first-order valence-corrected chi connectivity index (χ1v) is 6.93. The van der Waals surface area contributed by atoms with E-state index >= 15 is 0 Å². The summed E-state index contributed by atoms with van der Waals surface area (Å²) in [6.45, 7) is 4.37. The van der Waals surface area contributed by atoms with Crippen LogP contribution in [0, 0.1) is 0 Å². The highest BCUT2D eigenvalue weighted by atomic mass is 16.1. The van der Waals surface area contributed by atoms with E-state index in [1.54, 1.807) is 6.92 Å². The van der Waals surface area contributed by atoms with E-state index in [2.05, 4.69) is 34.5 Å². The van der Waals surface area contributed by atoms with Gasteiger partial charge in [0, 0.05) is 36.6 Å². The second-order valence-corrected chi connectivity index (χ2v) is 5.06. The van der Waals surface area contributed by atoms with Gasteiger partial charge in [0.15, 0.2) is 5.78 Å². The summed E-state index contributed by atoms with van der Waals surface area (Å²) in [4.78, 5) is 13.7. The summed E-state index contributed by atoms with van der Waals surface area (Å²) in [7, 11) is 0. The molecule has 3 rings (SSSR count). The molecule has 20 heavy (non-hydrogen) atoms. The third-order valence-corrected chi connectivity index (χ3v) is 3.70. The molecule has 0 spiro atoms. The molecule has 3 heteroatoms. The Balaban J connectivity index is 1.98. The number of carbonyl (C=O) groups excluding carboxylic acids is 1. The Bertz CT molecular complexity index is 619. The van der Waals surface area contributed by atoms with Crippen LogP contribution in [0.25, 0.3) is 0 Å². The van der Waals surface area contributed by atoms with Gasteiger partial charge in [-0.1, -0.05) is 18.2 Å².